The Hall–Kier alpha value is -0.0800. The zero-order valence-corrected chi connectivity index (χ0v) is 11.6. The van der Waals surface area contributed by atoms with E-state index in [1.165, 1.54) is 38.8 Å². The smallest absolute Gasteiger partial charge is 0.0220 e. The predicted octanol–water partition coefficient (Wildman–Crippen LogP) is 2.89. The number of nitrogens with zero attached hydrogens (tertiary/aromatic N) is 1. The van der Waals surface area contributed by atoms with Crippen LogP contribution < -0.4 is 5.32 Å². The van der Waals surface area contributed by atoms with Crippen molar-refractivity contribution in [2.45, 2.75) is 65.5 Å². The SMILES string of the molecule is CCNC(CN1CCCC1CC)C(C)CC. The molecule has 0 bridgehead atoms. The molecule has 0 spiro atoms. The van der Waals surface area contributed by atoms with Crippen molar-refractivity contribution >= 4 is 0 Å². The second-order valence-corrected chi connectivity index (χ2v) is 5.25. The van der Waals surface area contributed by atoms with Crippen molar-refractivity contribution in [2.75, 3.05) is 19.6 Å². The summed E-state index contributed by atoms with van der Waals surface area (Å²) in [6.45, 7) is 12.9. The first-order valence-electron chi connectivity index (χ1n) is 7.20. The van der Waals surface area contributed by atoms with Crippen LogP contribution in [0.5, 0.6) is 0 Å². The van der Waals surface area contributed by atoms with Gasteiger partial charge >= 0.3 is 0 Å². The van der Waals surface area contributed by atoms with Gasteiger partial charge in [0, 0.05) is 18.6 Å². The molecular weight excluding hydrogens is 196 g/mol. The summed E-state index contributed by atoms with van der Waals surface area (Å²) in [4.78, 5) is 2.71. The van der Waals surface area contributed by atoms with E-state index < -0.39 is 0 Å². The van der Waals surface area contributed by atoms with Crippen LogP contribution >= 0.6 is 0 Å². The minimum Gasteiger partial charge on any atom is -0.313 e. The lowest BCUT2D eigenvalue weighted by atomic mass is 9.98. The number of hydrogen-bond donors (Lipinski definition) is 1. The summed E-state index contributed by atoms with van der Waals surface area (Å²) in [5.41, 5.74) is 0. The van der Waals surface area contributed by atoms with Crippen LogP contribution in [0.3, 0.4) is 0 Å². The summed E-state index contributed by atoms with van der Waals surface area (Å²) < 4.78 is 0. The van der Waals surface area contributed by atoms with E-state index in [1.807, 2.05) is 0 Å². The van der Waals surface area contributed by atoms with Gasteiger partial charge in [-0.1, -0.05) is 34.1 Å². The molecule has 0 amide bonds. The zero-order chi connectivity index (χ0) is 12.0. The molecule has 1 saturated heterocycles. The van der Waals surface area contributed by atoms with Crippen molar-refractivity contribution in [3.05, 3.63) is 0 Å². The minimum absolute atomic E-state index is 0.683. The van der Waals surface area contributed by atoms with Crippen LogP contribution in [0.25, 0.3) is 0 Å². The van der Waals surface area contributed by atoms with E-state index in [4.69, 9.17) is 0 Å². The maximum absolute atomic E-state index is 3.66. The molecule has 2 nitrogen and oxygen atoms in total. The quantitative estimate of drug-likeness (QED) is 0.718. The fourth-order valence-electron chi connectivity index (χ4n) is 2.84. The number of likely N-dealkylation sites (N-methyl/N-ethyl adjacent to an activating group) is 1. The van der Waals surface area contributed by atoms with E-state index in [0.717, 1.165) is 18.5 Å². The predicted molar refractivity (Wildman–Crippen MR) is 71.8 cm³/mol. The highest BCUT2D eigenvalue weighted by atomic mass is 15.2. The Balaban J connectivity index is 2.46. The van der Waals surface area contributed by atoms with Gasteiger partial charge in [0.05, 0.1) is 0 Å². The zero-order valence-electron chi connectivity index (χ0n) is 11.6. The van der Waals surface area contributed by atoms with Crippen LogP contribution in [-0.4, -0.2) is 36.6 Å². The fourth-order valence-corrected chi connectivity index (χ4v) is 2.84. The van der Waals surface area contributed by atoms with Gasteiger partial charge in [0.25, 0.3) is 0 Å². The molecule has 0 aromatic heterocycles. The molecule has 1 rings (SSSR count). The summed E-state index contributed by atoms with van der Waals surface area (Å²) >= 11 is 0. The molecule has 2 heteroatoms. The lowest BCUT2D eigenvalue weighted by molar-refractivity contribution is 0.195. The maximum atomic E-state index is 3.66. The Morgan fingerprint density at radius 2 is 2.06 bits per heavy atom. The summed E-state index contributed by atoms with van der Waals surface area (Å²) in [6.07, 6.45) is 5.41. The van der Waals surface area contributed by atoms with Crippen molar-refractivity contribution in [1.29, 1.82) is 0 Å². The van der Waals surface area contributed by atoms with Gasteiger partial charge < -0.3 is 5.32 Å². The van der Waals surface area contributed by atoms with Crippen molar-refractivity contribution in [3.63, 3.8) is 0 Å². The highest BCUT2D eigenvalue weighted by Gasteiger charge is 2.26. The number of rotatable bonds is 7. The molecule has 1 N–H and O–H groups in total. The van der Waals surface area contributed by atoms with E-state index in [0.29, 0.717) is 6.04 Å². The third-order valence-electron chi connectivity index (χ3n) is 4.20. The second-order valence-electron chi connectivity index (χ2n) is 5.25. The molecule has 96 valence electrons. The normalized spacial score (nSPS) is 25.9. The molecule has 3 atom stereocenters. The number of nitrogens with one attached hydrogen (secondary N) is 1. The average molecular weight is 226 g/mol. The second kappa shape index (κ2) is 7.29. The first-order chi connectivity index (χ1) is 7.72. The van der Waals surface area contributed by atoms with Gasteiger partial charge in [-0.25, -0.2) is 0 Å². The Kier molecular flexibility index (Phi) is 6.37. The van der Waals surface area contributed by atoms with Crippen LogP contribution in [0.1, 0.15) is 53.4 Å². The molecule has 0 saturated carbocycles. The molecule has 1 fully saturated rings. The molecule has 0 radical (unpaired) electrons. The van der Waals surface area contributed by atoms with Crippen LogP contribution in [0, 0.1) is 5.92 Å². The van der Waals surface area contributed by atoms with Crippen molar-refractivity contribution in [2.24, 2.45) is 5.92 Å². The fraction of sp³-hybridized carbons (Fsp3) is 1.00. The van der Waals surface area contributed by atoms with Gasteiger partial charge in [-0.15, -0.1) is 0 Å². The van der Waals surface area contributed by atoms with Gasteiger partial charge in [-0.2, -0.15) is 0 Å². The Morgan fingerprint density at radius 3 is 2.62 bits per heavy atom. The molecule has 16 heavy (non-hydrogen) atoms. The topological polar surface area (TPSA) is 15.3 Å². The van der Waals surface area contributed by atoms with Crippen LogP contribution in [0.4, 0.5) is 0 Å². The molecule has 1 aliphatic rings. The summed E-state index contributed by atoms with van der Waals surface area (Å²) in [7, 11) is 0. The molecule has 3 unspecified atom stereocenters. The van der Waals surface area contributed by atoms with Crippen LogP contribution in [0.15, 0.2) is 0 Å². The summed E-state index contributed by atoms with van der Waals surface area (Å²) in [5, 5.41) is 3.66. The van der Waals surface area contributed by atoms with Gasteiger partial charge in [-0.05, 0) is 38.3 Å². The van der Waals surface area contributed by atoms with Gasteiger partial charge in [-0.3, -0.25) is 4.90 Å². The average Bonchev–Trinajstić information content (AvgIpc) is 2.74. The lowest BCUT2D eigenvalue weighted by Crippen LogP contribution is -2.46. The van der Waals surface area contributed by atoms with Crippen molar-refractivity contribution in [3.8, 4) is 0 Å². The highest BCUT2D eigenvalue weighted by Crippen LogP contribution is 2.21. The summed E-state index contributed by atoms with van der Waals surface area (Å²) in [5.74, 6) is 0.790. The monoisotopic (exact) mass is 226 g/mol. The first-order valence-corrected chi connectivity index (χ1v) is 7.20. The molecule has 1 aliphatic heterocycles. The Labute approximate surface area is 102 Å². The van der Waals surface area contributed by atoms with E-state index in [2.05, 4.69) is 37.9 Å². The largest absolute Gasteiger partial charge is 0.313 e. The first kappa shape index (κ1) is 14.0. The molecule has 1 heterocycles. The van der Waals surface area contributed by atoms with E-state index in [9.17, 15) is 0 Å². The van der Waals surface area contributed by atoms with E-state index >= 15 is 0 Å². The minimum atomic E-state index is 0.683. The molecule has 0 aromatic carbocycles. The third-order valence-corrected chi connectivity index (χ3v) is 4.20. The molecule has 0 aliphatic carbocycles. The highest BCUT2D eigenvalue weighted by molar-refractivity contribution is 4.84. The van der Waals surface area contributed by atoms with Gasteiger partial charge in [0.2, 0.25) is 0 Å². The van der Waals surface area contributed by atoms with Crippen LogP contribution in [-0.2, 0) is 0 Å². The summed E-state index contributed by atoms with van der Waals surface area (Å²) in [6, 6.07) is 1.53. The lowest BCUT2D eigenvalue weighted by Gasteiger charge is -2.32. The van der Waals surface area contributed by atoms with E-state index in [1.54, 1.807) is 0 Å². The van der Waals surface area contributed by atoms with Crippen LogP contribution in [0.2, 0.25) is 0 Å². The Morgan fingerprint density at radius 1 is 1.31 bits per heavy atom. The Bertz CT molecular complexity index is 182. The maximum Gasteiger partial charge on any atom is 0.0220 e. The van der Waals surface area contributed by atoms with E-state index in [-0.39, 0.29) is 0 Å². The van der Waals surface area contributed by atoms with Gasteiger partial charge in [0.1, 0.15) is 0 Å². The molecular formula is C14H30N2. The van der Waals surface area contributed by atoms with Crippen molar-refractivity contribution in [1.82, 2.24) is 10.2 Å². The van der Waals surface area contributed by atoms with Gasteiger partial charge in [0.15, 0.2) is 0 Å². The molecule has 0 aromatic rings. The standard InChI is InChI=1S/C14H30N2/c1-5-12(4)14(15-7-3)11-16-10-8-9-13(16)6-2/h12-15H,5-11H2,1-4H3. The number of hydrogen-bond acceptors (Lipinski definition) is 2. The third kappa shape index (κ3) is 3.74. The van der Waals surface area contributed by atoms with Crippen molar-refractivity contribution < 1.29 is 0 Å². The number of likely N-dealkylation sites (tertiary alicyclic amines) is 1.